The molecule has 5 aromatic carbocycles. The van der Waals surface area contributed by atoms with Crippen molar-refractivity contribution in [2.24, 2.45) is 0 Å². The monoisotopic (exact) mass is 568 g/mol. The van der Waals surface area contributed by atoms with E-state index < -0.39 is 0 Å². The Morgan fingerprint density at radius 3 is 2.33 bits per heavy atom. The van der Waals surface area contributed by atoms with Crippen LogP contribution in [-0.4, -0.2) is 23.0 Å². The summed E-state index contributed by atoms with van der Waals surface area (Å²) in [6.45, 7) is 0.203. The summed E-state index contributed by atoms with van der Waals surface area (Å²) in [6, 6.07) is 39.8. The van der Waals surface area contributed by atoms with Crippen LogP contribution in [0.25, 0.3) is 27.5 Å². The van der Waals surface area contributed by atoms with E-state index in [1.807, 2.05) is 23.5 Å². The first-order chi connectivity index (χ1) is 20.8. The van der Waals surface area contributed by atoms with Crippen molar-refractivity contribution in [1.29, 1.82) is 0 Å². The average Bonchev–Trinajstić information content (AvgIpc) is 3.37. The summed E-state index contributed by atoms with van der Waals surface area (Å²) in [7, 11) is 0. The highest BCUT2D eigenvalue weighted by Crippen LogP contribution is 2.40. The number of benzene rings is 5. The molecule has 0 N–H and O–H groups in total. The van der Waals surface area contributed by atoms with Crippen LogP contribution in [0.1, 0.15) is 0 Å². The summed E-state index contributed by atoms with van der Waals surface area (Å²) in [6.07, 6.45) is 0. The van der Waals surface area contributed by atoms with Crippen molar-refractivity contribution in [3.05, 3.63) is 109 Å². The molecule has 4 aliphatic rings. The molecule has 42 heavy (non-hydrogen) atoms. The third-order valence-electron chi connectivity index (χ3n) is 9.39. The maximum absolute atomic E-state index is 6.40. The number of hydrogen-bond acceptors (Lipinski definition) is 4. The first kappa shape index (κ1) is 22.3. The van der Waals surface area contributed by atoms with Gasteiger partial charge in [0, 0.05) is 42.3 Å². The molecule has 0 saturated carbocycles. The second-order valence-corrected chi connectivity index (χ2v) is 13.5. The van der Waals surface area contributed by atoms with Gasteiger partial charge in [-0.2, -0.15) is 0 Å². The van der Waals surface area contributed by atoms with Crippen LogP contribution in [0.4, 0.5) is 0 Å². The minimum atomic E-state index is 0.0633. The molecule has 11 rings (SSSR count). The van der Waals surface area contributed by atoms with E-state index in [9.17, 15) is 0 Å². The molecule has 2 aromatic heterocycles. The van der Waals surface area contributed by atoms with E-state index in [-0.39, 0.29) is 13.4 Å². The van der Waals surface area contributed by atoms with E-state index in [0.29, 0.717) is 0 Å². The highest BCUT2D eigenvalue weighted by Gasteiger charge is 2.44. The van der Waals surface area contributed by atoms with Crippen LogP contribution >= 0.6 is 23.5 Å². The Labute approximate surface area is 251 Å². The standard InChI is InChI=1S/C35H18B2N2OS2/c1-3-12-24-19(8-1)20-9-5-11-22-33(20)39(24)25-13-6-16-28-31(25)36(22)23-18-30-34(38-35(23)42-28)37-21-10-2-4-14-26(21)40-27-15-7-17-29(41-30)32(27)37/h1-18H. The van der Waals surface area contributed by atoms with Crippen LogP contribution < -0.4 is 37.6 Å². The van der Waals surface area contributed by atoms with Gasteiger partial charge in [0.05, 0.1) is 10.5 Å². The molecule has 0 aliphatic carbocycles. The number of rotatable bonds is 0. The number of nitrogens with zero attached hydrogens (tertiary/aromatic N) is 2. The first-order valence-corrected chi connectivity index (χ1v) is 15.9. The van der Waals surface area contributed by atoms with Crippen molar-refractivity contribution in [2.75, 3.05) is 0 Å². The number of pyridine rings is 1. The second kappa shape index (κ2) is 7.74. The third-order valence-corrected chi connectivity index (χ3v) is 11.6. The SMILES string of the molecule is c1ccc2c(c1)Oc1cccc3c1B2c1nc2c(cc1S3)B1c3c(cccc3-n3c4ccccc4c4cccc1c43)S2. The predicted molar refractivity (Wildman–Crippen MR) is 176 cm³/mol. The highest BCUT2D eigenvalue weighted by atomic mass is 32.2. The van der Waals surface area contributed by atoms with E-state index in [1.54, 1.807) is 0 Å². The van der Waals surface area contributed by atoms with Gasteiger partial charge in [0.2, 0.25) is 0 Å². The molecule has 7 aromatic rings. The van der Waals surface area contributed by atoms with Crippen molar-refractivity contribution in [2.45, 2.75) is 19.7 Å². The zero-order chi connectivity index (χ0) is 27.1. The minimum absolute atomic E-state index is 0.0633. The summed E-state index contributed by atoms with van der Waals surface area (Å²) in [5, 5.41) is 3.75. The van der Waals surface area contributed by atoms with Crippen LogP contribution in [0.15, 0.2) is 129 Å². The van der Waals surface area contributed by atoms with E-state index in [0.717, 1.165) is 22.1 Å². The summed E-state index contributed by atoms with van der Waals surface area (Å²) in [5.41, 5.74) is 11.6. The van der Waals surface area contributed by atoms with E-state index >= 15 is 0 Å². The molecule has 0 bridgehead atoms. The van der Waals surface area contributed by atoms with Gasteiger partial charge in [0.15, 0.2) is 0 Å². The van der Waals surface area contributed by atoms with Gasteiger partial charge in [-0.25, -0.2) is 0 Å². The molecule has 0 fully saturated rings. The van der Waals surface area contributed by atoms with E-state index in [2.05, 4.69) is 114 Å². The Morgan fingerprint density at radius 2 is 1.36 bits per heavy atom. The number of fused-ring (bicyclic) bond motifs is 11. The second-order valence-electron chi connectivity index (χ2n) is 11.4. The molecular weight excluding hydrogens is 550 g/mol. The van der Waals surface area contributed by atoms with Gasteiger partial charge in [-0.15, -0.1) is 0 Å². The summed E-state index contributed by atoms with van der Waals surface area (Å²) in [5.74, 6) is 1.88. The predicted octanol–water partition coefficient (Wildman–Crippen LogP) is 4.56. The molecule has 4 aliphatic heterocycles. The first-order valence-electron chi connectivity index (χ1n) is 14.3. The van der Waals surface area contributed by atoms with Gasteiger partial charge in [-0.05, 0) is 69.8 Å². The van der Waals surface area contributed by atoms with Crippen LogP contribution in [0.5, 0.6) is 11.5 Å². The smallest absolute Gasteiger partial charge is 0.277 e. The maximum atomic E-state index is 6.40. The number of hydrogen-bond donors (Lipinski definition) is 0. The molecule has 0 amide bonds. The fraction of sp³-hybridized carbons (Fsp3) is 0. The Hall–Kier alpha value is -4.32. The average molecular weight is 568 g/mol. The third kappa shape index (κ3) is 2.63. The molecule has 0 saturated heterocycles. The van der Waals surface area contributed by atoms with E-state index in [4.69, 9.17) is 9.72 Å². The summed E-state index contributed by atoms with van der Waals surface area (Å²) >= 11 is 3.67. The topological polar surface area (TPSA) is 27.1 Å². The minimum Gasteiger partial charge on any atom is -0.458 e. The van der Waals surface area contributed by atoms with Crippen molar-refractivity contribution < 1.29 is 4.74 Å². The lowest BCUT2D eigenvalue weighted by molar-refractivity contribution is 0.486. The van der Waals surface area contributed by atoms with Gasteiger partial charge in [0.25, 0.3) is 13.4 Å². The number of para-hydroxylation sites is 3. The van der Waals surface area contributed by atoms with Gasteiger partial charge in [0.1, 0.15) is 11.5 Å². The van der Waals surface area contributed by atoms with Crippen LogP contribution in [0, 0.1) is 0 Å². The lowest BCUT2D eigenvalue weighted by Crippen LogP contribution is -2.62. The van der Waals surface area contributed by atoms with Crippen molar-refractivity contribution in [3.63, 3.8) is 0 Å². The number of aromatic nitrogens is 2. The zero-order valence-corrected chi connectivity index (χ0v) is 23.8. The Bertz CT molecular complexity index is 2380. The van der Waals surface area contributed by atoms with Gasteiger partial charge in [-0.3, -0.25) is 4.98 Å². The lowest BCUT2D eigenvalue weighted by Gasteiger charge is -2.35. The van der Waals surface area contributed by atoms with Crippen molar-refractivity contribution in [1.82, 2.24) is 9.55 Å². The summed E-state index contributed by atoms with van der Waals surface area (Å²) < 4.78 is 8.89. The molecule has 0 radical (unpaired) electrons. The maximum Gasteiger partial charge on any atom is 0.277 e. The largest absolute Gasteiger partial charge is 0.458 e. The van der Waals surface area contributed by atoms with E-state index in [1.165, 1.54) is 69.5 Å². The summed E-state index contributed by atoms with van der Waals surface area (Å²) in [4.78, 5) is 9.38. The van der Waals surface area contributed by atoms with Crippen molar-refractivity contribution >= 4 is 91.7 Å². The molecule has 6 heterocycles. The molecule has 0 spiro atoms. The fourth-order valence-corrected chi connectivity index (χ4v) is 10.1. The molecule has 7 heteroatoms. The quantitative estimate of drug-likeness (QED) is 0.251. The van der Waals surface area contributed by atoms with Crippen LogP contribution in [0.2, 0.25) is 0 Å². The highest BCUT2D eigenvalue weighted by molar-refractivity contribution is 8.00. The molecular formula is C35H18B2N2OS2. The van der Waals surface area contributed by atoms with Crippen molar-refractivity contribution in [3.8, 4) is 17.2 Å². The molecule has 3 nitrogen and oxygen atoms in total. The lowest BCUT2D eigenvalue weighted by atomic mass is 9.34. The molecule has 0 unspecified atom stereocenters. The van der Waals surface area contributed by atoms with Crippen LogP contribution in [0.3, 0.4) is 0 Å². The Balaban J connectivity index is 1.21. The molecule has 192 valence electrons. The van der Waals surface area contributed by atoms with Gasteiger partial charge >= 0.3 is 0 Å². The van der Waals surface area contributed by atoms with Crippen LogP contribution in [-0.2, 0) is 0 Å². The molecule has 0 atom stereocenters. The normalized spacial score (nSPS) is 14.6. The van der Waals surface area contributed by atoms with Gasteiger partial charge < -0.3 is 9.30 Å². The van der Waals surface area contributed by atoms with Gasteiger partial charge in [-0.1, -0.05) is 90.3 Å². The zero-order valence-electron chi connectivity index (χ0n) is 22.2. The fourth-order valence-electron chi connectivity index (χ4n) is 7.78. The number of ether oxygens (including phenoxy) is 1. The Morgan fingerprint density at radius 1 is 0.595 bits per heavy atom. The Kier molecular flexibility index (Phi) is 4.11.